The molecule has 17 heavy (non-hydrogen) atoms. The first-order valence-electron chi connectivity index (χ1n) is 7.96. The van der Waals surface area contributed by atoms with Crippen molar-refractivity contribution >= 4 is 0 Å². The molecule has 0 aromatic rings. The number of hydrogen-bond acceptors (Lipinski definition) is 1. The highest BCUT2D eigenvalue weighted by Crippen LogP contribution is 2.61. The van der Waals surface area contributed by atoms with Crippen molar-refractivity contribution in [1.29, 1.82) is 0 Å². The predicted octanol–water partition coefficient (Wildman–Crippen LogP) is 3.43. The molecule has 1 heteroatoms. The average Bonchev–Trinajstić information content (AvgIpc) is 2.18. The molecule has 5 rings (SSSR count). The Morgan fingerprint density at radius 2 is 1.24 bits per heavy atom. The summed E-state index contributed by atoms with van der Waals surface area (Å²) < 4.78 is 0. The van der Waals surface area contributed by atoms with Gasteiger partial charge in [-0.2, -0.15) is 0 Å². The summed E-state index contributed by atoms with van der Waals surface area (Å²) in [7, 11) is 0. The topological polar surface area (TPSA) is 26.0 Å². The van der Waals surface area contributed by atoms with E-state index in [1.807, 2.05) is 0 Å². The maximum atomic E-state index is 6.03. The van der Waals surface area contributed by atoms with E-state index in [4.69, 9.17) is 5.73 Å². The molecule has 0 aromatic heterocycles. The van der Waals surface area contributed by atoms with Gasteiger partial charge in [-0.3, -0.25) is 0 Å². The van der Waals surface area contributed by atoms with Gasteiger partial charge in [0, 0.05) is 6.04 Å². The van der Waals surface area contributed by atoms with E-state index in [1.54, 1.807) is 32.1 Å². The molecule has 2 N–H and O–H groups in total. The third kappa shape index (κ3) is 1.61. The molecular weight excluding hydrogens is 206 g/mol. The lowest BCUT2D eigenvalue weighted by molar-refractivity contribution is -0.0894. The molecular formula is C16H27N. The van der Waals surface area contributed by atoms with E-state index < -0.39 is 0 Å². The maximum Gasteiger partial charge on any atom is 0.00389 e. The zero-order valence-electron chi connectivity index (χ0n) is 11.1. The van der Waals surface area contributed by atoms with Crippen molar-refractivity contribution in [3.05, 3.63) is 0 Å². The van der Waals surface area contributed by atoms with Gasteiger partial charge >= 0.3 is 0 Å². The summed E-state index contributed by atoms with van der Waals surface area (Å²) in [4.78, 5) is 0. The van der Waals surface area contributed by atoms with Crippen LogP contribution in [0.5, 0.6) is 0 Å². The molecule has 0 aromatic carbocycles. The van der Waals surface area contributed by atoms with Gasteiger partial charge in [-0.15, -0.1) is 0 Å². The van der Waals surface area contributed by atoms with Crippen LogP contribution < -0.4 is 5.73 Å². The first-order valence-corrected chi connectivity index (χ1v) is 7.96. The average molecular weight is 233 g/mol. The van der Waals surface area contributed by atoms with Crippen molar-refractivity contribution in [3.8, 4) is 0 Å². The number of rotatable bonds is 2. The van der Waals surface area contributed by atoms with Crippen molar-refractivity contribution in [2.75, 3.05) is 0 Å². The second-order valence-electron chi connectivity index (χ2n) is 7.86. The Morgan fingerprint density at radius 1 is 0.765 bits per heavy atom. The molecule has 1 unspecified atom stereocenters. The smallest absolute Gasteiger partial charge is 0.00389 e. The highest BCUT2D eigenvalue weighted by Gasteiger charge is 2.52. The number of nitrogens with two attached hydrogens (primary N) is 1. The van der Waals surface area contributed by atoms with E-state index in [0.29, 0.717) is 6.04 Å². The van der Waals surface area contributed by atoms with Crippen molar-refractivity contribution in [3.63, 3.8) is 0 Å². The summed E-state index contributed by atoms with van der Waals surface area (Å²) in [5, 5.41) is 0. The van der Waals surface area contributed by atoms with E-state index in [2.05, 4.69) is 6.92 Å². The summed E-state index contributed by atoms with van der Waals surface area (Å²) in [6, 6.07) is 0.447. The molecule has 1 nitrogen and oxygen atoms in total. The first kappa shape index (κ1) is 10.8. The second kappa shape index (κ2) is 3.73. The van der Waals surface area contributed by atoms with Gasteiger partial charge in [0.25, 0.3) is 0 Å². The van der Waals surface area contributed by atoms with E-state index in [9.17, 15) is 0 Å². The monoisotopic (exact) mass is 233 g/mol. The minimum Gasteiger partial charge on any atom is -0.328 e. The van der Waals surface area contributed by atoms with Crippen LogP contribution in [0.3, 0.4) is 0 Å². The molecule has 4 bridgehead atoms. The summed E-state index contributed by atoms with van der Waals surface area (Å²) >= 11 is 0. The molecule has 0 radical (unpaired) electrons. The standard InChI is InChI=1S/C16H27N/c1-9(17)12-7-15(8-12)16-13-3-10-2-11(5-13)6-14(16)4-10/h9-16H,2-8,17H2,1H3. The van der Waals surface area contributed by atoms with Crippen molar-refractivity contribution in [2.24, 2.45) is 47.2 Å². The Bertz CT molecular complexity index is 275. The summed E-state index contributed by atoms with van der Waals surface area (Å²) in [5.41, 5.74) is 6.03. The lowest BCUT2D eigenvalue weighted by Gasteiger charge is -2.59. The third-order valence-electron chi connectivity index (χ3n) is 6.80. The van der Waals surface area contributed by atoms with Crippen LogP contribution >= 0.6 is 0 Å². The molecule has 5 aliphatic rings. The Labute approximate surface area is 106 Å². The summed E-state index contributed by atoms with van der Waals surface area (Å²) in [6.07, 6.45) is 10.9. The zero-order chi connectivity index (χ0) is 11.6. The van der Waals surface area contributed by atoms with Gasteiger partial charge in [-0.25, -0.2) is 0 Å². The van der Waals surface area contributed by atoms with E-state index >= 15 is 0 Å². The third-order valence-corrected chi connectivity index (χ3v) is 6.80. The molecule has 0 heterocycles. The minimum absolute atomic E-state index is 0.447. The summed E-state index contributed by atoms with van der Waals surface area (Å²) in [5.74, 6) is 7.59. The van der Waals surface area contributed by atoms with Crippen LogP contribution in [0, 0.1) is 41.4 Å². The van der Waals surface area contributed by atoms with Gasteiger partial charge in [0.1, 0.15) is 0 Å². The zero-order valence-corrected chi connectivity index (χ0v) is 11.1. The van der Waals surface area contributed by atoms with Crippen LogP contribution in [0.1, 0.15) is 51.9 Å². The van der Waals surface area contributed by atoms with Gasteiger partial charge in [-0.1, -0.05) is 0 Å². The highest BCUT2D eigenvalue weighted by atomic mass is 14.7. The quantitative estimate of drug-likeness (QED) is 0.777. The van der Waals surface area contributed by atoms with E-state index in [0.717, 1.165) is 41.4 Å². The normalized spacial score (nSPS) is 57.9. The predicted molar refractivity (Wildman–Crippen MR) is 70.4 cm³/mol. The van der Waals surface area contributed by atoms with Crippen LogP contribution in [-0.2, 0) is 0 Å². The van der Waals surface area contributed by atoms with Crippen LogP contribution in [0.4, 0.5) is 0 Å². The molecule has 0 spiro atoms. The molecule has 0 saturated heterocycles. The van der Waals surface area contributed by atoms with Crippen LogP contribution in [-0.4, -0.2) is 6.04 Å². The first-order chi connectivity index (χ1) is 8.20. The molecule has 5 saturated carbocycles. The van der Waals surface area contributed by atoms with E-state index in [1.165, 1.54) is 12.8 Å². The van der Waals surface area contributed by atoms with Crippen LogP contribution in [0.15, 0.2) is 0 Å². The fourth-order valence-corrected chi connectivity index (χ4v) is 6.19. The molecule has 0 amide bonds. The summed E-state index contributed by atoms with van der Waals surface area (Å²) in [6.45, 7) is 2.21. The number of hydrogen-bond donors (Lipinski definition) is 1. The lowest BCUT2D eigenvalue weighted by Crippen LogP contribution is -2.51. The fraction of sp³-hybridized carbons (Fsp3) is 1.00. The van der Waals surface area contributed by atoms with Gasteiger partial charge in [-0.05, 0) is 93.3 Å². The van der Waals surface area contributed by atoms with Crippen molar-refractivity contribution in [2.45, 2.75) is 57.9 Å². The molecule has 1 atom stereocenters. The highest BCUT2D eigenvalue weighted by molar-refractivity contribution is 5.02. The van der Waals surface area contributed by atoms with Gasteiger partial charge in [0.15, 0.2) is 0 Å². The van der Waals surface area contributed by atoms with Gasteiger partial charge < -0.3 is 5.73 Å². The minimum atomic E-state index is 0.447. The molecule has 96 valence electrons. The fourth-order valence-electron chi connectivity index (χ4n) is 6.19. The molecule has 5 aliphatic carbocycles. The molecule has 0 aliphatic heterocycles. The SMILES string of the molecule is CC(N)C1CC(C2C3CC4CC(C3)CC2C4)C1. The van der Waals surface area contributed by atoms with Crippen molar-refractivity contribution < 1.29 is 0 Å². The second-order valence-corrected chi connectivity index (χ2v) is 7.86. The van der Waals surface area contributed by atoms with E-state index in [-0.39, 0.29) is 0 Å². The lowest BCUT2D eigenvalue weighted by atomic mass is 9.46. The Kier molecular flexibility index (Phi) is 2.38. The Balaban J connectivity index is 1.46. The Morgan fingerprint density at radius 3 is 1.71 bits per heavy atom. The van der Waals surface area contributed by atoms with Crippen molar-refractivity contribution in [1.82, 2.24) is 0 Å². The van der Waals surface area contributed by atoms with Gasteiger partial charge in [0.2, 0.25) is 0 Å². The largest absolute Gasteiger partial charge is 0.328 e. The van der Waals surface area contributed by atoms with Gasteiger partial charge in [0.05, 0.1) is 0 Å². The maximum absolute atomic E-state index is 6.03. The van der Waals surface area contributed by atoms with Crippen LogP contribution in [0.25, 0.3) is 0 Å². The molecule has 5 fully saturated rings. The van der Waals surface area contributed by atoms with Crippen LogP contribution in [0.2, 0.25) is 0 Å². The Hall–Kier alpha value is -0.0400.